The zero-order valence-corrected chi connectivity index (χ0v) is 21.0. The van der Waals surface area contributed by atoms with E-state index in [1.807, 2.05) is 31.2 Å². The van der Waals surface area contributed by atoms with Crippen LogP contribution in [0.25, 0.3) is 0 Å². The van der Waals surface area contributed by atoms with E-state index in [9.17, 15) is 14.4 Å². The summed E-state index contributed by atoms with van der Waals surface area (Å²) in [6.45, 7) is 1.93. The molecule has 0 saturated carbocycles. The van der Waals surface area contributed by atoms with Crippen molar-refractivity contribution in [3.05, 3.63) is 78.2 Å². The van der Waals surface area contributed by atoms with Crippen molar-refractivity contribution < 1.29 is 19.1 Å². The fraction of sp³-hybridized carbons (Fsp3) is 0.296. The zero-order valence-electron chi connectivity index (χ0n) is 21.0. The lowest BCUT2D eigenvalue weighted by Gasteiger charge is -2.46. The average molecular weight is 503 g/mol. The van der Waals surface area contributed by atoms with Gasteiger partial charge in [0.15, 0.2) is 0 Å². The normalized spacial score (nSPS) is 17.5. The number of nitrogens with zero attached hydrogens (tertiary/aromatic N) is 4. The number of β-lactam (4-membered cyclic amide) rings is 1. The van der Waals surface area contributed by atoms with Crippen LogP contribution >= 0.6 is 0 Å². The number of benzene rings is 1. The number of carbonyl (C=O) groups is 3. The van der Waals surface area contributed by atoms with E-state index in [4.69, 9.17) is 10.5 Å². The fourth-order valence-electron chi connectivity index (χ4n) is 4.52. The van der Waals surface area contributed by atoms with Gasteiger partial charge in [0.25, 0.3) is 5.91 Å². The maximum atomic E-state index is 13.6. The molecule has 1 fully saturated rings. The summed E-state index contributed by atoms with van der Waals surface area (Å²) in [6, 6.07) is 12.2. The molecule has 10 nitrogen and oxygen atoms in total. The first kappa shape index (κ1) is 25.6. The van der Waals surface area contributed by atoms with Crippen LogP contribution < -0.4 is 20.7 Å². The first-order valence-electron chi connectivity index (χ1n) is 12.0. The van der Waals surface area contributed by atoms with Crippen LogP contribution in [0.15, 0.2) is 67.1 Å². The van der Waals surface area contributed by atoms with Gasteiger partial charge in [-0.1, -0.05) is 19.1 Å². The molecule has 10 heteroatoms. The first-order chi connectivity index (χ1) is 17.8. The topological polar surface area (TPSA) is 131 Å². The summed E-state index contributed by atoms with van der Waals surface area (Å²) in [5.74, 6) is -0.535. The molecule has 1 aliphatic rings. The molecule has 0 spiro atoms. The quantitative estimate of drug-likeness (QED) is 0.453. The van der Waals surface area contributed by atoms with E-state index in [1.54, 1.807) is 57.0 Å². The molecule has 3 atom stereocenters. The third kappa shape index (κ3) is 5.37. The van der Waals surface area contributed by atoms with Crippen molar-refractivity contribution >= 4 is 29.4 Å². The summed E-state index contributed by atoms with van der Waals surface area (Å²) in [7, 11) is 3.19. The van der Waals surface area contributed by atoms with Gasteiger partial charge in [-0.05, 0) is 60.4 Å². The molecule has 0 aliphatic carbocycles. The second-order valence-corrected chi connectivity index (χ2v) is 8.84. The molecular weight excluding hydrogens is 472 g/mol. The van der Waals surface area contributed by atoms with Crippen LogP contribution in [-0.4, -0.2) is 52.9 Å². The molecule has 1 aliphatic heterocycles. The van der Waals surface area contributed by atoms with Crippen molar-refractivity contribution in [1.82, 2.24) is 20.2 Å². The number of hydrogen-bond acceptors (Lipinski definition) is 7. The van der Waals surface area contributed by atoms with Gasteiger partial charge in [-0.25, -0.2) is 9.78 Å². The monoisotopic (exact) mass is 502 g/mol. The zero-order chi connectivity index (χ0) is 26.5. The molecule has 0 radical (unpaired) electrons. The number of amides is 4. The minimum Gasteiger partial charge on any atom is -0.497 e. The molecule has 0 bridgehead atoms. The number of rotatable bonds is 8. The number of nitrogens with two attached hydrogens (primary N) is 1. The van der Waals surface area contributed by atoms with Gasteiger partial charge in [-0.15, -0.1) is 0 Å². The van der Waals surface area contributed by atoms with Crippen LogP contribution in [0, 0.1) is 5.92 Å². The molecular formula is C27H30N6O4. The molecule has 1 saturated heterocycles. The van der Waals surface area contributed by atoms with Crippen LogP contribution in [-0.2, 0) is 16.0 Å². The molecule has 3 N–H and O–H groups in total. The number of anilines is 2. The summed E-state index contributed by atoms with van der Waals surface area (Å²) >= 11 is 0. The van der Waals surface area contributed by atoms with Crippen LogP contribution in [0.2, 0.25) is 0 Å². The molecule has 3 aromatic rings. The van der Waals surface area contributed by atoms with E-state index in [0.29, 0.717) is 23.7 Å². The molecule has 4 rings (SSSR count). The number of urea groups is 1. The Morgan fingerprint density at radius 1 is 1.16 bits per heavy atom. The van der Waals surface area contributed by atoms with Crippen molar-refractivity contribution in [2.24, 2.45) is 5.92 Å². The van der Waals surface area contributed by atoms with Gasteiger partial charge in [0.1, 0.15) is 17.6 Å². The van der Waals surface area contributed by atoms with E-state index in [-0.39, 0.29) is 18.4 Å². The first-order valence-corrected chi connectivity index (χ1v) is 12.0. The largest absolute Gasteiger partial charge is 0.497 e. The Labute approximate surface area is 215 Å². The molecule has 192 valence electrons. The predicted octanol–water partition coefficient (Wildman–Crippen LogP) is 2.96. The van der Waals surface area contributed by atoms with Crippen LogP contribution in [0.4, 0.5) is 16.3 Å². The number of nitrogens with one attached hydrogen (secondary N) is 1. The molecule has 37 heavy (non-hydrogen) atoms. The minimum absolute atomic E-state index is 0.253. The van der Waals surface area contributed by atoms with E-state index < -0.39 is 23.9 Å². The Kier molecular flexibility index (Phi) is 7.66. The third-order valence-corrected chi connectivity index (χ3v) is 6.57. The molecule has 4 amide bonds. The Balaban J connectivity index is 1.60. The number of carbonyl (C=O) groups excluding carboxylic acids is 3. The van der Waals surface area contributed by atoms with Crippen molar-refractivity contribution in [3.63, 3.8) is 0 Å². The van der Waals surface area contributed by atoms with E-state index in [1.165, 1.54) is 4.90 Å². The highest BCUT2D eigenvalue weighted by Gasteiger charge is 2.55. The number of likely N-dealkylation sites (tertiary alicyclic amines) is 1. The second kappa shape index (κ2) is 11.1. The molecule has 2 aromatic heterocycles. The number of pyridine rings is 2. The number of aromatic nitrogens is 2. The van der Waals surface area contributed by atoms with Gasteiger partial charge in [0.05, 0.1) is 19.1 Å². The second-order valence-electron chi connectivity index (χ2n) is 8.84. The van der Waals surface area contributed by atoms with Crippen molar-refractivity contribution in [2.75, 3.05) is 24.8 Å². The summed E-state index contributed by atoms with van der Waals surface area (Å²) in [4.78, 5) is 50.8. The van der Waals surface area contributed by atoms with Gasteiger partial charge in [-0.3, -0.25) is 19.5 Å². The Morgan fingerprint density at radius 3 is 2.59 bits per heavy atom. The summed E-state index contributed by atoms with van der Waals surface area (Å²) in [5, 5.41) is 2.92. The number of hydrogen-bond donors (Lipinski definition) is 2. The number of nitrogen functional groups attached to an aromatic ring is 1. The summed E-state index contributed by atoms with van der Waals surface area (Å²) < 4.78 is 5.30. The maximum absolute atomic E-state index is 13.6. The number of methoxy groups -OCH3 is 1. The standard InChI is InChI=1S/C27H30N6O4/c1-4-22(18-6-5-7-20(16-18)37-3)31-27(36)33-24(26(35)32(2)19-9-11-29-12-10-19)21(25(33)34)14-17-8-13-30-23(28)15-17/h5-13,15-16,21-22,24H,4,14H2,1-3H3,(H2,28,30)(H,31,36)/t21?,22-,24+/m1/s1. The molecule has 1 unspecified atom stereocenters. The minimum atomic E-state index is -0.983. The van der Waals surface area contributed by atoms with Gasteiger partial charge < -0.3 is 20.7 Å². The lowest BCUT2D eigenvalue weighted by molar-refractivity contribution is -0.156. The van der Waals surface area contributed by atoms with Gasteiger partial charge in [0, 0.05) is 31.3 Å². The Morgan fingerprint density at radius 2 is 1.92 bits per heavy atom. The summed E-state index contributed by atoms with van der Waals surface area (Å²) in [5.41, 5.74) is 8.01. The van der Waals surface area contributed by atoms with Gasteiger partial charge >= 0.3 is 6.03 Å². The van der Waals surface area contributed by atoms with Crippen molar-refractivity contribution in [3.8, 4) is 5.75 Å². The van der Waals surface area contributed by atoms with Gasteiger partial charge in [0.2, 0.25) is 5.91 Å². The van der Waals surface area contributed by atoms with Crippen LogP contribution in [0.5, 0.6) is 5.75 Å². The van der Waals surface area contributed by atoms with Gasteiger partial charge in [-0.2, -0.15) is 0 Å². The smallest absolute Gasteiger partial charge is 0.325 e. The summed E-state index contributed by atoms with van der Waals surface area (Å²) in [6.07, 6.45) is 5.54. The highest BCUT2D eigenvalue weighted by atomic mass is 16.5. The SMILES string of the molecule is CC[C@@H](NC(=O)N1C(=O)C(Cc2ccnc(N)c2)[C@H]1C(=O)N(C)c1ccncc1)c1cccc(OC)c1. The average Bonchev–Trinajstić information content (AvgIpc) is 2.92. The lowest BCUT2D eigenvalue weighted by Crippen LogP contribution is -2.70. The number of imide groups is 1. The molecule has 3 heterocycles. The highest BCUT2D eigenvalue weighted by Crippen LogP contribution is 2.33. The van der Waals surface area contributed by atoms with E-state index in [0.717, 1.165) is 16.0 Å². The van der Waals surface area contributed by atoms with Crippen LogP contribution in [0.3, 0.4) is 0 Å². The fourth-order valence-corrected chi connectivity index (χ4v) is 4.52. The lowest BCUT2D eigenvalue weighted by atomic mass is 9.81. The van der Waals surface area contributed by atoms with E-state index in [2.05, 4.69) is 15.3 Å². The highest BCUT2D eigenvalue weighted by molar-refractivity contribution is 6.12. The van der Waals surface area contributed by atoms with Crippen molar-refractivity contribution in [2.45, 2.75) is 31.8 Å². The number of ether oxygens (including phenoxy) is 1. The van der Waals surface area contributed by atoms with Crippen LogP contribution in [0.1, 0.15) is 30.5 Å². The predicted molar refractivity (Wildman–Crippen MR) is 139 cm³/mol. The third-order valence-electron chi connectivity index (χ3n) is 6.57. The number of likely N-dealkylation sites (N-methyl/N-ethyl adjacent to an activating group) is 1. The van der Waals surface area contributed by atoms with Crippen molar-refractivity contribution in [1.29, 1.82) is 0 Å². The van der Waals surface area contributed by atoms with E-state index >= 15 is 0 Å². The maximum Gasteiger partial charge on any atom is 0.325 e. The molecule has 1 aromatic carbocycles. The Hall–Kier alpha value is -4.47. The Bertz CT molecular complexity index is 1280.